The number of aryl methyl sites for hydroxylation is 1. The second kappa shape index (κ2) is 8.82. The zero-order valence-electron chi connectivity index (χ0n) is 15.6. The third-order valence-electron chi connectivity index (χ3n) is 4.73. The Hall–Kier alpha value is -1.60. The third-order valence-corrected chi connectivity index (χ3v) is 7.02. The highest BCUT2D eigenvalue weighted by atomic mass is 35.5. The molecule has 1 amide bonds. The van der Waals surface area contributed by atoms with Gasteiger partial charge < -0.3 is 4.74 Å². The van der Waals surface area contributed by atoms with E-state index in [0.29, 0.717) is 17.3 Å². The van der Waals surface area contributed by atoms with E-state index in [9.17, 15) is 4.79 Å². The van der Waals surface area contributed by atoms with Gasteiger partial charge in [0.25, 0.3) is 0 Å². The number of carbonyl (C=O) groups is 1. The van der Waals surface area contributed by atoms with Crippen molar-refractivity contribution in [3.8, 4) is 0 Å². The van der Waals surface area contributed by atoms with E-state index in [4.69, 9.17) is 21.3 Å². The van der Waals surface area contributed by atoms with Crippen molar-refractivity contribution in [1.82, 2.24) is 4.98 Å². The minimum absolute atomic E-state index is 0.0483. The number of para-hydroxylation sites is 1. The van der Waals surface area contributed by atoms with Crippen molar-refractivity contribution in [2.75, 3.05) is 23.8 Å². The average Bonchev–Trinajstić information content (AvgIpc) is 3.35. The van der Waals surface area contributed by atoms with Gasteiger partial charge in [-0.1, -0.05) is 35.1 Å². The molecule has 7 heteroatoms. The number of anilines is 1. The maximum absolute atomic E-state index is 13.1. The number of ether oxygens (including phenoxy) is 1. The second-order valence-electron chi connectivity index (χ2n) is 6.80. The van der Waals surface area contributed by atoms with Crippen molar-refractivity contribution >= 4 is 56.0 Å². The molecule has 146 valence electrons. The van der Waals surface area contributed by atoms with Crippen LogP contribution in [0.5, 0.6) is 0 Å². The van der Waals surface area contributed by atoms with Gasteiger partial charge >= 0.3 is 0 Å². The maximum Gasteiger partial charge on any atom is 0.239 e. The summed E-state index contributed by atoms with van der Waals surface area (Å²) in [6.45, 7) is 3.37. The first-order valence-corrected chi connectivity index (χ1v) is 11.4. The van der Waals surface area contributed by atoms with Gasteiger partial charge in [0.15, 0.2) is 5.13 Å². The molecule has 1 atom stereocenters. The molecule has 3 aromatic rings. The number of fused-ring (bicyclic) bond motifs is 1. The standard InChI is InChI=1S/C21H21ClN2O2S2/c1-14-4-2-6-18-20(14)23-21(28-18)24(12-16-5-3-11-26-16)19(25)13-27-17-9-7-15(22)8-10-17/h2,4,6-10,16H,3,5,11-13H2,1H3. The first-order chi connectivity index (χ1) is 13.6. The van der Waals surface area contributed by atoms with Crippen molar-refractivity contribution in [3.63, 3.8) is 0 Å². The molecule has 1 fully saturated rings. The second-order valence-corrected chi connectivity index (χ2v) is 9.29. The number of hydrogen-bond donors (Lipinski definition) is 0. The van der Waals surface area contributed by atoms with E-state index in [1.54, 1.807) is 11.3 Å². The Morgan fingerprint density at radius 2 is 2.14 bits per heavy atom. The minimum Gasteiger partial charge on any atom is -0.376 e. The molecule has 28 heavy (non-hydrogen) atoms. The Kier molecular flexibility index (Phi) is 6.21. The fourth-order valence-electron chi connectivity index (χ4n) is 3.22. The van der Waals surface area contributed by atoms with Crippen molar-refractivity contribution in [2.45, 2.75) is 30.8 Å². The Morgan fingerprint density at radius 3 is 2.86 bits per heavy atom. The molecule has 1 saturated heterocycles. The lowest BCUT2D eigenvalue weighted by molar-refractivity contribution is -0.116. The predicted octanol–water partition coefficient (Wildman–Crippen LogP) is 5.56. The number of aromatic nitrogens is 1. The number of thioether (sulfide) groups is 1. The van der Waals surface area contributed by atoms with Crippen LogP contribution in [0.25, 0.3) is 10.2 Å². The molecule has 0 aliphatic carbocycles. The molecule has 1 unspecified atom stereocenters. The van der Waals surface area contributed by atoms with E-state index >= 15 is 0 Å². The molecule has 0 spiro atoms. The van der Waals surface area contributed by atoms with Gasteiger partial charge in [0.05, 0.1) is 28.6 Å². The van der Waals surface area contributed by atoms with Crippen LogP contribution in [0.4, 0.5) is 5.13 Å². The topological polar surface area (TPSA) is 42.4 Å². The van der Waals surface area contributed by atoms with Crippen LogP contribution in [0, 0.1) is 6.92 Å². The highest BCUT2D eigenvalue weighted by Gasteiger charge is 2.26. The van der Waals surface area contributed by atoms with E-state index in [-0.39, 0.29) is 12.0 Å². The zero-order chi connectivity index (χ0) is 19.5. The summed E-state index contributed by atoms with van der Waals surface area (Å²) >= 11 is 9.03. The van der Waals surface area contributed by atoms with E-state index in [1.807, 2.05) is 35.2 Å². The highest BCUT2D eigenvalue weighted by Crippen LogP contribution is 2.32. The van der Waals surface area contributed by atoms with Crippen LogP contribution in [0.3, 0.4) is 0 Å². The lowest BCUT2D eigenvalue weighted by Gasteiger charge is -2.23. The van der Waals surface area contributed by atoms with Gasteiger partial charge in [-0.3, -0.25) is 9.69 Å². The summed E-state index contributed by atoms with van der Waals surface area (Å²) in [7, 11) is 0. The smallest absolute Gasteiger partial charge is 0.239 e. The highest BCUT2D eigenvalue weighted by molar-refractivity contribution is 8.00. The molecule has 2 heterocycles. The van der Waals surface area contributed by atoms with E-state index in [2.05, 4.69) is 19.1 Å². The number of rotatable bonds is 6. The number of hydrogen-bond acceptors (Lipinski definition) is 5. The number of halogens is 1. The van der Waals surface area contributed by atoms with E-state index in [1.165, 1.54) is 11.8 Å². The summed E-state index contributed by atoms with van der Waals surface area (Å²) in [5.74, 6) is 0.399. The number of benzene rings is 2. The molecule has 4 rings (SSSR count). The van der Waals surface area contributed by atoms with Gasteiger partial charge in [0.2, 0.25) is 5.91 Å². The van der Waals surface area contributed by atoms with Gasteiger partial charge in [0, 0.05) is 16.5 Å². The summed E-state index contributed by atoms with van der Waals surface area (Å²) in [6.07, 6.45) is 2.11. The normalized spacial score (nSPS) is 16.6. The molecule has 2 aromatic carbocycles. The molecule has 1 aliphatic heterocycles. The van der Waals surface area contributed by atoms with Gasteiger partial charge in [-0.05, 0) is 55.7 Å². The number of thiazole rings is 1. The summed E-state index contributed by atoms with van der Waals surface area (Å²) in [4.78, 5) is 20.7. The first kappa shape index (κ1) is 19.7. The molecule has 0 radical (unpaired) electrons. The summed E-state index contributed by atoms with van der Waals surface area (Å²) < 4.78 is 6.89. The monoisotopic (exact) mass is 432 g/mol. The Balaban J connectivity index is 1.55. The average molecular weight is 433 g/mol. The van der Waals surface area contributed by atoms with Crippen molar-refractivity contribution in [3.05, 3.63) is 53.1 Å². The van der Waals surface area contributed by atoms with Crippen LogP contribution < -0.4 is 4.90 Å². The zero-order valence-corrected chi connectivity index (χ0v) is 17.9. The number of amides is 1. The molecule has 1 aromatic heterocycles. The lowest BCUT2D eigenvalue weighted by Crippen LogP contribution is -2.38. The Bertz CT molecular complexity index is 968. The van der Waals surface area contributed by atoms with Gasteiger partial charge in [-0.25, -0.2) is 4.98 Å². The molecule has 1 aliphatic rings. The molecule has 0 bridgehead atoms. The predicted molar refractivity (Wildman–Crippen MR) is 118 cm³/mol. The van der Waals surface area contributed by atoms with Gasteiger partial charge in [-0.15, -0.1) is 11.8 Å². The fourth-order valence-corrected chi connectivity index (χ4v) is 5.19. The fraction of sp³-hybridized carbons (Fsp3) is 0.333. The van der Waals surface area contributed by atoms with Crippen LogP contribution in [-0.2, 0) is 9.53 Å². The third kappa shape index (κ3) is 4.51. The SMILES string of the molecule is Cc1cccc2sc(N(CC3CCCO3)C(=O)CSc3ccc(Cl)cc3)nc12. The Morgan fingerprint density at radius 1 is 1.32 bits per heavy atom. The van der Waals surface area contributed by atoms with E-state index < -0.39 is 0 Å². The molecule has 0 N–H and O–H groups in total. The number of nitrogens with zero attached hydrogens (tertiary/aromatic N) is 2. The molecule has 4 nitrogen and oxygen atoms in total. The van der Waals surface area contributed by atoms with Gasteiger partial charge in [0.1, 0.15) is 0 Å². The van der Waals surface area contributed by atoms with Crippen LogP contribution >= 0.6 is 34.7 Å². The summed E-state index contributed by atoms with van der Waals surface area (Å²) in [5.41, 5.74) is 2.10. The van der Waals surface area contributed by atoms with Crippen molar-refractivity contribution < 1.29 is 9.53 Å². The quantitative estimate of drug-likeness (QED) is 0.478. The van der Waals surface area contributed by atoms with Crippen molar-refractivity contribution in [1.29, 1.82) is 0 Å². The molecule has 0 saturated carbocycles. The lowest BCUT2D eigenvalue weighted by atomic mass is 10.2. The maximum atomic E-state index is 13.1. The molecular weight excluding hydrogens is 412 g/mol. The van der Waals surface area contributed by atoms with Crippen molar-refractivity contribution in [2.24, 2.45) is 0 Å². The van der Waals surface area contributed by atoms with Crippen LogP contribution in [0.2, 0.25) is 5.02 Å². The molecular formula is C21H21ClN2O2S2. The van der Waals surface area contributed by atoms with E-state index in [0.717, 1.165) is 45.3 Å². The van der Waals surface area contributed by atoms with Crippen LogP contribution in [0.15, 0.2) is 47.4 Å². The number of carbonyl (C=O) groups excluding carboxylic acids is 1. The van der Waals surface area contributed by atoms with Crippen LogP contribution in [-0.4, -0.2) is 35.9 Å². The summed E-state index contributed by atoms with van der Waals surface area (Å²) in [5, 5.41) is 1.45. The first-order valence-electron chi connectivity index (χ1n) is 9.26. The summed E-state index contributed by atoms with van der Waals surface area (Å²) in [6, 6.07) is 13.7. The Labute approximate surface area is 177 Å². The minimum atomic E-state index is 0.0483. The van der Waals surface area contributed by atoms with Crippen LogP contribution in [0.1, 0.15) is 18.4 Å². The largest absolute Gasteiger partial charge is 0.376 e. The van der Waals surface area contributed by atoms with Gasteiger partial charge in [-0.2, -0.15) is 0 Å².